The van der Waals surface area contributed by atoms with E-state index in [1.165, 1.54) is 12.8 Å². The summed E-state index contributed by atoms with van der Waals surface area (Å²) >= 11 is 0. The molecule has 0 radical (unpaired) electrons. The summed E-state index contributed by atoms with van der Waals surface area (Å²) in [7, 11) is 0. The lowest BCUT2D eigenvalue weighted by atomic mass is 9.84. The largest absolute Gasteiger partial charge is 0.297 e. The van der Waals surface area contributed by atoms with Crippen LogP contribution in [0.4, 0.5) is 0 Å². The molecule has 1 aromatic rings. The molecule has 1 saturated heterocycles. The number of hydrogen-bond donors (Lipinski definition) is 0. The minimum atomic E-state index is -0.270. The van der Waals surface area contributed by atoms with Crippen molar-refractivity contribution in [1.29, 1.82) is 0 Å². The van der Waals surface area contributed by atoms with Crippen molar-refractivity contribution < 1.29 is 4.79 Å². The van der Waals surface area contributed by atoms with Gasteiger partial charge in [0.15, 0.2) is 5.78 Å². The lowest BCUT2D eigenvalue weighted by molar-refractivity contribution is -0.130. The first-order valence-electron chi connectivity index (χ1n) is 7.41. The van der Waals surface area contributed by atoms with E-state index in [0.717, 1.165) is 31.6 Å². The molecule has 0 aromatic carbocycles. The first-order valence-corrected chi connectivity index (χ1v) is 7.41. The Balaban J connectivity index is 2.16. The molecular weight excluding hydrogens is 236 g/mol. The average Bonchev–Trinajstić information content (AvgIpc) is 2.96. The monoisotopic (exact) mass is 260 g/mol. The van der Waals surface area contributed by atoms with Crippen LogP contribution in [0.1, 0.15) is 45.2 Å². The van der Waals surface area contributed by atoms with Gasteiger partial charge in [-0.05, 0) is 50.9 Å². The molecule has 2 rings (SSSR count). The van der Waals surface area contributed by atoms with E-state index in [-0.39, 0.29) is 5.54 Å². The highest BCUT2D eigenvalue weighted by Gasteiger charge is 2.41. The second-order valence-electron chi connectivity index (χ2n) is 5.35. The third-order valence-electron chi connectivity index (χ3n) is 4.47. The Morgan fingerprint density at radius 2 is 1.95 bits per heavy atom. The number of nitrogens with zero attached hydrogens (tertiary/aromatic N) is 2. The van der Waals surface area contributed by atoms with Gasteiger partial charge in [0.05, 0.1) is 12.0 Å². The molecule has 3 heteroatoms. The third kappa shape index (κ3) is 2.86. The maximum atomic E-state index is 12.8. The zero-order valence-electron chi connectivity index (χ0n) is 12.1. The molecule has 0 bridgehead atoms. The van der Waals surface area contributed by atoms with E-state index in [1.54, 1.807) is 6.20 Å². The summed E-state index contributed by atoms with van der Waals surface area (Å²) in [6.07, 6.45) is 6.46. The fraction of sp³-hybridized carbons (Fsp3) is 0.625. The quantitative estimate of drug-likeness (QED) is 0.788. The summed E-state index contributed by atoms with van der Waals surface area (Å²) in [5, 5.41) is 0. The zero-order chi connectivity index (χ0) is 13.7. The second kappa shape index (κ2) is 6.29. The molecular formula is C16H24N2O. The zero-order valence-corrected chi connectivity index (χ0v) is 12.1. The van der Waals surface area contributed by atoms with E-state index in [2.05, 4.69) is 23.7 Å². The van der Waals surface area contributed by atoms with E-state index in [1.807, 2.05) is 18.2 Å². The van der Waals surface area contributed by atoms with Crippen LogP contribution in [0.15, 0.2) is 24.4 Å². The molecule has 1 fully saturated rings. The minimum Gasteiger partial charge on any atom is -0.297 e. The summed E-state index contributed by atoms with van der Waals surface area (Å²) in [6, 6.07) is 5.78. The van der Waals surface area contributed by atoms with Gasteiger partial charge >= 0.3 is 0 Å². The molecule has 1 aromatic heterocycles. The van der Waals surface area contributed by atoms with Crippen molar-refractivity contribution in [2.75, 3.05) is 13.1 Å². The molecule has 0 amide bonds. The molecule has 0 aliphatic carbocycles. The van der Waals surface area contributed by atoms with Crippen molar-refractivity contribution >= 4 is 5.78 Å². The van der Waals surface area contributed by atoms with Gasteiger partial charge in [0.2, 0.25) is 0 Å². The van der Waals surface area contributed by atoms with Crippen molar-refractivity contribution in [3.63, 3.8) is 0 Å². The van der Waals surface area contributed by atoms with Crippen LogP contribution in [0, 0.1) is 0 Å². The molecule has 0 unspecified atom stereocenters. The summed E-state index contributed by atoms with van der Waals surface area (Å²) < 4.78 is 0. The number of pyridine rings is 1. The van der Waals surface area contributed by atoms with Gasteiger partial charge in [-0.1, -0.05) is 19.9 Å². The van der Waals surface area contributed by atoms with Crippen LogP contribution in [0.2, 0.25) is 0 Å². The van der Waals surface area contributed by atoms with Crippen LogP contribution in [-0.4, -0.2) is 34.3 Å². The molecule has 0 atom stereocenters. The fourth-order valence-electron chi connectivity index (χ4n) is 3.24. The second-order valence-corrected chi connectivity index (χ2v) is 5.35. The van der Waals surface area contributed by atoms with Crippen LogP contribution in [0.5, 0.6) is 0 Å². The Kier molecular flexibility index (Phi) is 4.70. The maximum Gasteiger partial charge on any atom is 0.158 e. The molecule has 104 valence electrons. The normalized spacial score (nSPS) is 16.7. The van der Waals surface area contributed by atoms with Crippen LogP contribution in [-0.2, 0) is 11.2 Å². The predicted molar refractivity (Wildman–Crippen MR) is 77.1 cm³/mol. The third-order valence-corrected chi connectivity index (χ3v) is 4.47. The standard InChI is InChI=1S/C16H24N2O/c1-3-16(4-2,18-11-7-8-12-18)15(19)13-14-9-5-6-10-17-14/h5-6,9-10H,3-4,7-8,11-13H2,1-2H3. The van der Waals surface area contributed by atoms with Gasteiger partial charge < -0.3 is 0 Å². The van der Waals surface area contributed by atoms with Crippen LogP contribution >= 0.6 is 0 Å². The first kappa shape index (κ1) is 14.2. The molecule has 2 heterocycles. The van der Waals surface area contributed by atoms with Gasteiger partial charge in [-0.3, -0.25) is 14.7 Å². The number of Topliss-reactive ketones (excluding diaryl/α,β-unsaturated/α-hetero) is 1. The molecule has 19 heavy (non-hydrogen) atoms. The van der Waals surface area contributed by atoms with Gasteiger partial charge in [0.25, 0.3) is 0 Å². The number of aromatic nitrogens is 1. The Morgan fingerprint density at radius 3 is 2.47 bits per heavy atom. The Bertz CT molecular complexity index is 406. The van der Waals surface area contributed by atoms with Crippen molar-refractivity contribution in [2.24, 2.45) is 0 Å². The lowest BCUT2D eigenvalue weighted by Crippen LogP contribution is -2.53. The van der Waals surface area contributed by atoms with E-state index in [9.17, 15) is 4.79 Å². The predicted octanol–water partition coefficient (Wildman–Crippen LogP) is 2.85. The highest BCUT2D eigenvalue weighted by Crippen LogP contribution is 2.30. The van der Waals surface area contributed by atoms with Crippen molar-refractivity contribution in [3.05, 3.63) is 30.1 Å². The first-order chi connectivity index (χ1) is 9.23. The van der Waals surface area contributed by atoms with E-state index in [4.69, 9.17) is 0 Å². The number of ketones is 1. The number of hydrogen-bond acceptors (Lipinski definition) is 3. The van der Waals surface area contributed by atoms with Crippen molar-refractivity contribution in [2.45, 2.75) is 51.5 Å². The molecule has 0 saturated carbocycles. The molecule has 0 spiro atoms. The van der Waals surface area contributed by atoms with Crippen LogP contribution in [0.25, 0.3) is 0 Å². The Morgan fingerprint density at radius 1 is 1.26 bits per heavy atom. The topological polar surface area (TPSA) is 33.2 Å². The summed E-state index contributed by atoms with van der Waals surface area (Å²) in [6.45, 7) is 6.40. The number of likely N-dealkylation sites (tertiary alicyclic amines) is 1. The Labute approximate surface area is 116 Å². The highest BCUT2D eigenvalue weighted by atomic mass is 16.1. The van der Waals surface area contributed by atoms with Crippen LogP contribution in [0.3, 0.4) is 0 Å². The van der Waals surface area contributed by atoms with Gasteiger partial charge in [-0.25, -0.2) is 0 Å². The van der Waals surface area contributed by atoms with Gasteiger partial charge in [0.1, 0.15) is 0 Å². The summed E-state index contributed by atoms with van der Waals surface area (Å²) in [5.41, 5.74) is 0.617. The molecule has 3 nitrogen and oxygen atoms in total. The number of carbonyl (C=O) groups excluding carboxylic acids is 1. The minimum absolute atomic E-state index is 0.270. The van der Waals surface area contributed by atoms with E-state index >= 15 is 0 Å². The number of carbonyl (C=O) groups is 1. The van der Waals surface area contributed by atoms with Crippen LogP contribution < -0.4 is 0 Å². The fourth-order valence-corrected chi connectivity index (χ4v) is 3.24. The smallest absolute Gasteiger partial charge is 0.158 e. The number of rotatable bonds is 6. The van der Waals surface area contributed by atoms with Gasteiger partial charge in [-0.15, -0.1) is 0 Å². The lowest BCUT2D eigenvalue weighted by Gasteiger charge is -2.39. The SMILES string of the molecule is CCC(CC)(C(=O)Cc1ccccn1)N1CCCC1. The van der Waals surface area contributed by atoms with Crippen molar-refractivity contribution in [3.8, 4) is 0 Å². The highest BCUT2D eigenvalue weighted by molar-refractivity contribution is 5.90. The average molecular weight is 260 g/mol. The Hall–Kier alpha value is -1.22. The van der Waals surface area contributed by atoms with Crippen molar-refractivity contribution in [1.82, 2.24) is 9.88 Å². The summed E-state index contributed by atoms with van der Waals surface area (Å²) in [4.78, 5) is 19.5. The molecule has 1 aliphatic heterocycles. The molecule has 0 N–H and O–H groups in total. The van der Waals surface area contributed by atoms with E-state index in [0.29, 0.717) is 12.2 Å². The van der Waals surface area contributed by atoms with E-state index < -0.39 is 0 Å². The molecule has 1 aliphatic rings. The van der Waals surface area contributed by atoms with Gasteiger partial charge in [-0.2, -0.15) is 0 Å². The summed E-state index contributed by atoms with van der Waals surface area (Å²) in [5.74, 6) is 0.332. The van der Waals surface area contributed by atoms with Gasteiger partial charge in [0, 0.05) is 11.9 Å². The maximum absolute atomic E-state index is 12.8.